The summed E-state index contributed by atoms with van der Waals surface area (Å²) in [5.74, 6) is -0.198. The van der Waals surface area contributed by atoms with Gasteiger partial charge in [0.15, 0.2) is 5.13 Å². The van der Waals surface area contributed by atoms with Gasteiger partial charge >= 0.3 is 0 Å². The van der Waals surface area contributed by atoms with E-state index in [9.17, 15) is 4.79 Å². The Morgan fingerprint density at radius 2 is 2.25 bits per heavy atom. The summed E-state index contributed by atoms with van der Waals surface area (Å²) in [6.45, 7) is 8.13. The average Bonchev–Trinajstić information content (AvgIpc) is 2.49. The number of hydrogen-bond acceptors (Lipinski definition) is 4. The van der Waals surface area contributed by atoms with Crippen LogP contribution in [-0.2, 0) is 11.2 Å². The van der Waals surface area contributed by atoms with Crippen LogP contribution in [0.25, 0.3) is 0 Å². The van der Waals surface area contributed by atoms with Gasteiger partial charge in [0.1, 0.15) is 0 Å². The zero-order valence-corrected chi connectivity index (χ0v) is 11.0. The number of carbonyl (C=O) groups excluding carboxylic acids is 1. The molecule has 0 aromatic carbocycles. The Hall–Kier alpha value is -0.940. The number of amides is 1. The molecule has 0 aliphatic rings. The highest BCUT2D eigenvalue weighted by molar-refractivity contribution is 7.13. The van der Waals surface area contributed by atoms with Crippen molar-refractivity contribution in [3.05, 3.63) is 11.1 Å². The van der Waals surface area contributed by atoms with Gasteiger partial charge in [-0.25, -0.2) is 4.98 Å². The average molecular weight is 241 g/mol. The molecule has 0 spiro atoms. The lowest BCUT2D eigenvalue weighted by Crippen LogP contribution is -2.32. The largest absolute Gasteiger partial charge is 0.320 e. The second-order valence-corrected chi connectivity index (χ2v) is 6.02. The molecule has 0 fully saturated rings. The van der Waals surface area contributed by atoms with Gasteiger partial charge < -0.3 is 11.1 Å². The summed E-state index contributed by atoms with van der Waals surface area (Å²) < 4.78 is 0. The van der Waals surface area contributed by atoms with E-state index >= 15 is 0 Å². The summed E-state index contributed by atoms with van der Waals surface area (Å²) in [4.78, 5) is 15.7. The van der Waals surface area contributed by atoms with Gasteiger partial charge in [0, 0.05) is 5.38 Å². The Bertz CT molecular complexity index is 366. The van der Waals surface area contributed by atoms with Gasteiger partial charge in [0.25, 0.3) is 0 Å². The fourth-order valence-corrected chi connectivity index (χ4v) is 1.92. The number of rotatable bonds is 3. The fraction of sp³-hybridized carbons (Fsp3) is 0.636. The van der Waals surface area contributed by atoms with Gasteiger partial charge in [-0.3, -0.25) is 4.79 Å². The number of thiazole rings is 1. The van der Waals surface area contributed by atoms with Crippen molar-refractivity contribution in [2.45, 2.75) is 40.2 Å². The van der Waals surface area contributed by atoms with Crippen LogP contribution in [0.1, 0.15) is 33.4 Å². The first-order chi connectivity index (χ1) is 7.28. The lowest BCUT2D eigenvalue weighted by atomic mass is 9.91. The molecule has 1 amide bonds. The topological polar surface area (TPSA) is 68.0 Å². The molecular formula is C11H19N3OS. The van der Waals surface area contributed by atoms with E-state index in [2.05, 4.69) is 31.1 Å². The van der Waals surface area contributed by atoms with E-state index < -0.39 is 6.04 Å². The van der Waals surface area contributed by atoms with E-state index in [0.29, 0.717) is 5.13 Å². The third-order valence-corrected chi connectivity index (χ3v) is 2.71. The van der Waals surface area contributed by atoms with Crippen molar-refractivity contribution in [1.29, 1.82) is 0 Å². The number of aromatic nitrogens is 1. The molecule has 16 heavy (non-hydrogen) atoms. The van der Waals surface area contributed by atoms with E-state index in [-0.39, 0.29) is 11.3 Å². The first-order valence-corrected chi connectivity index (χ1v) is 6.17. The van der Waals surface area contributed by atoms with Crippen molar-refractivity contribution in [2.24, 2.45) is 11.1 Å². The van der Waals surface area contributed by atoms with Crippen LogP contribution in [0.15, 0.2) is 5.38 Å². The van der Waals surface area contributed by atoms with Gasteiger partial charge in [-0.05, 0) is 18.8 Å². The second-order valence-electron chi connectivity index (χ2n) is 5.16. The molecule has 0 unspecified atom stereocenters. The number of anilines is 1. The predicted molar refractivity (Wildman–Crippen MR) is 67.6 cm³/mol. The Balaban J connectivity index is 2.62. The highest BCUT2D eigenvalue weighted by Gasteiger charge is 2.15. The molecule has 4 nitrogen and oxygen atoms in total. The van der Waals surface area contributed by atoms with Crippen LogP contribution in [-0.4, -0.2) is 16.9 Å². The van der Waals surface area contributed by atoms with E-state index in [1.807, 2.05) is 5.38 Å². The Morgan fingerprint density at radius 3 is 2.75 bits per heavy atom. The van der Waals surface area contributed by atoms with Crippen molar-refractivity contribution >= 4 is 22.4 Å². The van der Waals surface area contributed by atoms with Gasteiger partial charge in [0.05, 0.1) is 11.7 Å². The molecule has 0 saturated heterocycles. The number of nitrogens with one attached hydrogen (secondary N) is 1. The minimum atomic E-state index is -0.505. The molecule has 3 N–H and O–H groups in total. The minimum absolute atomic E-state index is 0.198. The fourth-order valence-electron chi connectivity index (χ4n) is 1.21. The maximum atomic E-state index is 11.3. The maximum absolute atomic E-state index is 11.3. The zero-order chi connectivity index (χ0) is 12.3. The number of nitrogens with two attached hydrogens (primary N) is 1. The van der Waals surface area contributed by atoms with Crippen LogP contribution in [0.3, 0.4) is 0 Å². The van der Waals surface area contributed by atoms with E-state index in [1.165, 1.54) is 11.3 Å². The van der Waals surface area contributed by atoms with E-state index in [1.54, 1.807) is 6.92 Å². The molecule has 0 bridgehead atoms. The standard InChI is InChI=1S/C11H19N3OS/c1-7(12)9(15)14-10-13-8(6-16-10)5-11(2,3)4/h6-7H,5,12H2,1-4H3,(H,13,14,15)/t7-/m1/s1. The molecular weight excluding hydrogens is 222 g/mol. The molecule has 0 saturated carbocycles. The summed E-state index contributed by atoms with van der Waals surface area (Å²) >= 11 is 1.44. The lowest BCUT2D eigenvalue weighted by Gasteiger charge is -2.15. The first kappa shape index (κ1) is 13.1. The van der Waals surface area contributed by atoms with Crippen LogP contribution in [0.5, 0.6) is 0 Å². The normalized spacial score (nSPS) is 13.6. The van der Waals surface area contributed by atoms with Crippen molar-refractivity contribution in [1.82, 2.24) is 4.98 Å². The SMILES string of the molecule is C[C@@H](N)C(=O)Nc1nc(CC(C)(C)C)cs1. The monoisotopic (exact) mass is 241 g/mol. The molecule has 1 heterocycles. The van der Waals surface area contributed by atoms with Crippen LogP contribution in [0.2, 0.25) is 0 Å². The first-order valence-electron chi connectivity index (χ1n) is 5.29. The van der Waals surface area contributed by atoms with Crippen LogP contribution in [0.4, 0.5) is 5.13 Å². The summed E-state index contributed by atoms with van der Waals surface area (Å²) in [6.07, 6.45) is 0.900. The molecule has 0 radical (unpaired) electrons. The molecule has 1 atom stereocenters. The number of hydrogen-bond donors (Lipinski definition) is 2. The third-order valence-electron chi connectivity index (χ3n) is 1.91. The zero-order valence-electron chi connectivity index (χ0n) is 10.2. The quantitative estimate of drug-likeness (QED) is 0.850. The Kier molecular flexibility index (Phi) is 4.04. The highest BCUT2D eigenvalue weighted by atomic mass is 32.1. The predicted octanol–water partition coefficient (Wildman–Crippen LogP) is 2.02. The van der Waals surface area contributed by atoms with Crippen LogP contribution < -0.4 is 11.1 Å². The van der Waals surface area contributed by atoms with Crippen molar-refractivity contribution < 1.29 is 4.79 Å². The highest BCUT2D eigenvalue weighted by Crippen LogP contribution is 2.23. The second kappa shape index (κ2) is 4.93. The van der Waals surface area contributed by atoms with Crippen molar-refractivity contribution in [3.8, 4) is 0 Å². The van der Waals surface area contributed by atoms with Gasteiger partial charge in [-0.2, -0.15) is 0 Å². The molecule has 0 aliphatic heterocycles. The van der Waals surface area contributed by atoms with Gasteiger partial charge in [-0.15, -0.1) is 11.3 Å². The summed E-state index contributed by atoms with van der Waals surface area (Å²) in [6, 6.07) is -0.505. The minimum Gasteiger partial charge on any atom is -0.320 e. The maximum Gasteiger partial charge on any atom is 0.242 e. The smallest absolute Gasteiger partial charge is 0.242 e. The van der Waals surface area contributed by atoms with Crippen molar-refractivity contribution in [3.63, 3.8) is 0 Å². The van der Waals surface area contributed by atoms with Gasteiger partial charge in [-0.1, -0.05) is 20.8 Å². The molecule has 1 rings (SSSR count). The molecule has 0 aliphatic carbocycles. The molecule has 5 heteroatoms. The Morgan fingerprint density at radius 1 is 1.62 bits per heavy atom. The number of nitrogens with zero attached hydrogens (tertiary/aromatic N) is 1. The third kappa shape index (κ3) is 4.28. The van der Waals surface area contributed by atoms with E-state index in [4.69, 9.17) is 5.73 Å². The molecule has 90 valence electrons. The van der Waals surface area contributed by atoms with Crippen LogP contribution in [0, 0.1) is 5.41 Å². The Labute approximate surface area is 100 Å². The molecule has 1 aromatic heterocycles. The van der Waals surface area contributed by atoms with Crippen molar-refractivity contribution in [2.75, 3.05) is 5.32 Å². The number of carbonyl (C=O) groups is 1. The summed E-state index contributed by atoms with van der Waals surface area (Å²) in [5, 5.41) is 5.29. The summed E-state index contributed by atoms with van der Waals surface area (Å²) in [7, 11) is 0. The lowest BCUT2D eigenvalue weighted by molar-refractivity contribution is -0.117. The van der Waals surface area contributed by atoms with Gasteiger partial charge in [0.2, 0.25) is 5.91 Å². The van der Waals surface area contributed by atoms with E-state index in [0.717, 1.165) is 12.1 Å². The summed E-state index contributed by atoms with van der Waals surface area (Å²) in [5.41, 5.74) is 6.67. The molecule has 1 aromatic rings. The van der Waals surface area contributed by atoms with Crippen LogP contribution >= 0.6 is 11.3 Å².